The summed E-state index contributed by atoms with van der Waals surface area (Å²) in [5.74, 6) is 3.17. The first-order chi connectivity index (χ1) is 10.5. The Morgan fingerprint density at radius 1 is 1.36 bits per heavy atom. The standard InChI is InChI=1S/C15H15ClN2O3S/c1-3-13-14(18-21-15(13)4-2)9-10-17-22(19,20)12-7-5-11(16)6-8-12/h1,5-8,17H,4,9-10H2,2H3. The fourth-order valence-corrected chi connectivity index (χ4v) is 3.10. The molecular formula is C15H15ClN2O3S. The van der Waals surface area contributed by atoms with E-state index in [4.69, 9.17) is 22.5 Å². The van der Waals surface area contributed by atoms with E-state index in [0.717, 1.165) is 0 Å². The van der Waals surface area contributed by atoms with Crippen molar-refractivity contribution in [1.82, 2.24) is 9.88 Å². The third-order valence-corrected chi connectivity index (χ3v) is 4.81. The van der Waals surface area contributed by atoms with E-state index in [0.29, 0.717) is 34.9 Å². The first kappa shape index (κ1) is 16.6. The molecule has 1 heterocycles. The van der Waals surface area contributed by atoms with Crippen LogP contribution >= 0.6 is 11.6 Å². The molecule has 0 aliphatic heterocycles. The maximum absolute atomic E-state index is 12.1. The summed E-state index contributed by atoms with van der Waals surface area (Å²) in [7, 11) is -3.58. The second-order valence-corrected chi connectivity index (χ2v) is 6.73. The van der Waals surface area contributed by atoms with Crippen molar-refractivity contribution in [1.29, 1.82) is 0 Å². The molecule has 0 aliphatic carbocycles. The Labute approximate surface area is 134 Å². The molecule has 0 spiro atoms. The summed E-state index contributed by atoms with van der Waals surface area (Å²) in [5.41, 5.74) is 1.19. The van der Waals surface area contributed by atoms with Crippen LogP contribution in [0, 0.1) is 12.3 Å². The lowest BCUT2D eigenvalue weighted by molar-refractivity contribution is 0.380. The van der Waals surface area contributed by atoms with E-state index < -0.39 is 10.0 Å². The van der Waals surface area contributed by atoms with Gasteiger partial charge in [-0.15, -0.1) is 6.42 Å². The zero-order valence-corrected chi connectivity index (χ0v) is 13.5. The van der Waals surface area contributed by atoms with Crippen molar-refractivity contribution in [2.45, 2.75) is 24.7 Å². The van der Waals surface area contributed by atoms with Crippen LogP contribution in [0.15, 0.2) is 33.7 Å². The van der Waals surface area contributed by atoms with Crippen molar-refractivity contribution in [3.63, 3.8) is 0 Å². The summed E-state index contributed by atoms with van der Waals surface area (Å²) in [5, 5.41) is 4.37. The fraction of sp³-hybridized carbons (Fsp3) is 0.267. The van der Waals surface area contributed by atoms with Crippen molar-refractivity contribution in [2.75, 3.05) is 6.54 Å². The molecule has 0 fully saturated rings. The van der Waals surface area contributed by atoms with Gasteiger partial charge < -0.3 is 4.52 Å². The number of nitrogens with zero attached hydrogens (tertiary/aromatic N) is 1. The van der Waals surface area contributed by atoms with Crippen LogP contribution in [0.2, 0.25) is 5.02 Å². The zero-order chi connectivity index (χ0) is 16.2. The molecule has 2 rings (SSSR count). The van der Waals surface area contributed by atoms with Gasteiger partial charge in [0.25, 0.3) is 0 Å². The summed E-state index contributed by atoms with van der Waals surface area (Å²) in [6.45, 7) is 2.09. The number of aromatic nitrogens is 1. The molecule has 0 unspecified atom stereocenters. The van der Waals surface area contributed by atoms with Crippen LogP contribution in [0.1, 0.15) is 23.9 Å². The Bertz CT molecular complexity index is 789. The maximum atomic E-state index is 12.1. The van der Waals surface area contributed by atoms with Crippen molar-refractivity contribution >= 4 is 21.6 Å². The van der Waals surface area contributed by atoms with E-state index in [2.05, 4.69) is 15.8 Å². The Hall–Kier alpha value is -1.81. The van der Waals surface area contributed by atoms with Gasteiger partial charge in [0.05, 0.1) is 10.5 Å². The minimum atomic E-state index is -3.58. The molecule has 0 amide bonds. The highest BCUT2D eigenvalue weighted by Crippen LogP contribution is 2.15. The van der Waals surface area contributed by atoms with Crippen molar-refractivity contribution in [3.8, 4) is 12.3 Å². The first-order valence-corrected chi connectivity index (χ1v) is 8.53. The normalized spacial score (nSPS) is 11.3. The highest BCUT2D eigenvalue weighted by Gasteiger charge is 2.16. The number of rotatable bonds is 6. The maximum Gasteiger partial charge on any atom is 0.240 e. The van der Waals surface area contributed by atoms with E-state index in [1.54, 1.807) is 0 Å². The van der Waals surface area contributed by atoms with Gasteiger partial charge in [-0.05, 0) is 24.3 Å². The van der Waals surface area contributed by atoms with Gasteiger partial charge in [0.15, 0.2) is 5.76 Å². The topological polar surface area (TPSA) is 72.2 Å². The monoisotopic (exact) mass is 338 g/mol. The highest BCUT2D eigenvalue weighted by atomic mass is 35.5. The molecule has 0 radical (unpaired) electrons. The smallest absolute Gasteiger partial charge is 0.240 e. The third kappa shape index (κ3) is 3.69. The molecule has 0 bridgehead atoms. The molecule has 0 saturated heterocycles. The average Bonchev–Trinajstić information content (AvgIpc) is 2.89. The predicted octanol–water partition coefficient (Wildman–Crippen LogP) is 2.39. The van der Waals surface area contributed by atoms with Gasteiger partial charge in [-0.3, -0.25) is 0 Å². The Morgan fingerprint density at radius 3 is 2.64 bits per heavy atom. The van der Waals surface area contributed by atoms with E-state index in [1.165, 1.54) is 24.3 Å². The zero-order valence-electron chi connectivity index (χ0n) is 12.0. The predicted molar refractivity (Wildman–Crippen MR) is 84.2 cm³/mol. The molecular weight excluding hydrogens is 324 g/mol. The number of hydrogen-bond donors (Lipinski definition) is 1. The second-order valence-electron chi connectivity index (χ2n) is 4.53. The molecule has 1 aromatic carbocycles. The molecule has 7 heteroatoms. The van der Waals surface area contributed by atoms with Gasteiger partial charge in [-0.2, -0.15) is 0 Å². The molecule has 5 nitrogen and oxygen atoms in total. The summed E-state index contributed by atoms with van der Waals surface area (Å²) in [6, 6.07) is 5.95. The largest absolute Gasteiger partial charge is 0.360 e. The van der Waals surface area contributed by atoms with Gasteiger partial charge in [0, 0.05) is 24.4 Å². The number of aryl methyl sites for hydroxylation is 1. The van der Waals surface area contributed by atoms with E-state index in [9.17, 15) is 8.42 Å². The summed E-state index contributed by atoms with van der Waals surface area (Å²) in [4.78, 5) is 0.156. The Balaban J connectivity index is 2.03. The van der Waals surface area contributed by atoms with Gasteiger partial charge in [-0.1, -0.05) is 29.6 Å². The van der Waals surface area contributed by atoms with Crippen LogP contribution in [0.3, 0.4) is 0 Å². The van der Waals surface area contributed by atoms with Crippen LogP contribution in [0.4, 0.5) is 0 Å². The number of hydrogen-bond acceptors (Lipinski definition) is 4. The van der Waals surface area contributed by atoms with Gasteiger partial charge in [0.1, 0.15) is 5.69 Å². The second kappa shape index (κ2) is 6.97. The summed E-state index contributed by atoms with van der Waals surface area (Å²) < 4.78 is 31.9. The number of halogens is 1. The van der Waals surface area contributed by atoms with Gasteiger partial charge >= 0.3 is 0 Å². The van der Waals surface area contributed by atoms with E-state index in [1.807, 2.05) is 6.92 Å². The highest BCUT2D eigenvalue weighted by molar-refractivity contribution is 7.89. The van der Waals surface area contributed by atoms with Crippen molar-refractivity contribution in [2.24, 2.45) is 0 Å². The van der Waals surface area contributed by atoms with Crippen molar-refractivity contribution < 1.29 is 12.9 Å². The lowest BCUT2D eigenvalue weighted by Crippen LogP contribution is -2.26. The molecule has 1 aromatic heterocycles. The Kier molecular flexibility index (Phi) is 5.24. The van der Waals surface area contributed by atoms with Crippen LogP contribution in [-0.2, 0) is 22.9 Å². The minimum absolute atomic E-state index is 0.156. The van der Waals surface area contributed by atoms with E-state index >= 15 is 0 Å². The minimum Gasteiger partial charge on any atom is -0.360 e. The lowest BCUT2D eigenvalue weighted by Gasteiger charge is -2.06. The number of terminal acetylenes is 1. The fourth-order valence-electron chi connectivity index (χ4n) is 1.94. The lowest BCUT2D eigenvalue weighted by atomic mass is 10.1. The molecule has 2 aromatic rings. The van der Waals surface area contributed by atoms with Crippen LogP contribution in [-0.4, -0.2) is 20.1 Å². The molecule has 1 N–H and O–H groups in total. The number of nitrogens with one attached hydrogen (secondary N) is 1. The third-order valence-electron chi connectivity index (χ3n) is 3.08. The quantitative estimate of drug-likeness (QED) is 0.821. The summed E-state index contributed by atoms with van der Waals surface area (Å²) >= 11 is 5.74. The summed E-state index contributed by atoms with van der Waals surface area (Å²) in [6.07, 6.45) is 6.43. The van der Waals surface area contributed by atoms with Crippen LogP contribution in [0.5, 0.6) is 0 Å². The Morgan fingerprint density at radius 2 is 2.05 bits per heavy atom. The number of benzene rings is 1. The van der Waals surface area contributed by atoms with Crippen LogP contribution in [0.25, 0.3) is 0 Å². The van der Waals surface area contributed by atoms with Crippen LogP contribution < -0.4 is 4.72 Å². The van der Waals surface area contributed by atoms with Crippen molar-refractivity contribution in [3.05, 3.63) is 46.3 Å². The van der Waals surface area contributed by atoms with Gasteiger partial charge in [-0.25, -0.2) is 13.1 Å². The molecule has 0 saturated carbocycles. The molecule has 116 valence electrons. The molecule has 0 atom stereocenters. The van der Waals surface area contributed by atoms with Gasteiger partial charge in [0.2, 0.25) is 10.0 Å². The van der Waals surface area contributed by atoms with E-state index in [-0.39, 0.29) is 11.4 Å². The SMILES string of the molecule is C#Cc1c(CCNS(=O)(=O)c2ccc(Cl)cc2)noc1CC. The average molecular weight is 339 g/mol. The first-order valence-electron chi connectivity index (χ1n) is 6.67. The number of sulfonamides is 1. The molecule has 0 aliphatic rings. The molecule has 22 heavy (non-hydrogen) atoms.